The standard InChI is InChI=1S/C20H18N2O/c1-23-15-6-7-18-17(11-15)16-8-9-22-12-14-5-3-2-4-13(14)10-19(22)20(16)21-18/h6-12H,2-5H2,1H3. The van der Waals surface area contributed by atoms with E-state index in [9.17, 15) is 0 Å². The van der Waals surface area contributed by atoms with Crippen LogP contribution in [0.5, 0.6) is 5.75 Å². The lowest BCUT2D eigenvalue weighted by Crippen LogP contribution is -2.05. The van der Waals surface area contributed by atoms with Crippen molar-refractivity contribution in [2.45, 2.75) is 25.7 Å². The smallest absolute Gasteiger partial charge is 0.119 e. The van der Waals surface area contributed by atoms with Gasteiger partial charge < -0.3 is 9.14 Å². The van der Waals surface area contributed by atoms with Crippen molar-refractivity contribution in [2.24, 2.45) is 0 Å². The molecule has 0 bridgehead atoms. The molecule has 2 aromatic rings. The molecular formula is C20H18N2O. The van der Waals surface area contributed by atoms with Crippen molar-refractivity contribution in [2.75, 3.05) is 7.11 Å². The Kier molecular flexibility index (Phi) is 2.66. The Morgan fingerprint density at radius 1 is 1.04 bits per heavy atom. The maximum absolute atomic E-state index is 5.37. The Bertz CT molecular complexity index is 1020. The van der Waals surface area contributed by atoms with Gasteiger partial charge in [0.15, 0.2) is 0 Å². The molecule has 114 valence electrons. The number of ether oxygens (including phenoxy) is 1. The van der Waals surface area contributed by atoms with Crippen LogP contribution in [0.3, 0.4) is 0 Å². The highest BCUT2D eigenvalue weighted by Gasteiger charge is 2.18. The summed E-state index contributed by atoms with van der Waals surface area (Å²) in [5, 5.41) is 1.17. The van der Waals surface area contributed by atoms with Crippen LogP contribution in [0.15, 0.2) is 42.7 Å². The van der Waals surface area contributed by atoms with Crippen LogP contribution >= 0.6 is 0 Å². The summed E-state index contributed by atoms with van der Waals surface area (Å²) in [6.07, 6.45) is 9.45. The molecule has 1 aromatic heterocycles. The first-order valence-corrected chi connectivity index (χ1v) is 8.23. The van der Waals surface area contributed by atoms with E-state index in [-0.39, 0.29) is 0 Å². The third kappa shape index (κ3) is 1.86. The first-order chi connectivity index (χ1) is 11.3. The summed E-state index contributed by atoms with van der Waals surface area (Å²) >= 11 is 0. The number of hydrogen-bond donors (Lipinski definition) is 0. The number of nitrogens with zero attached hydrogens (tertiary/aromatic N) is 2. The summed E-state index contributed by atoms with van der Waals surface area (Å²) in [6.45, 7) is 0. The Morgan fingerprint density at radius 3 is 2.78 bits per heavy atom. The number of rotatable bonds is 1. The van der Waals surface area contributed by atoms with Crippen molar-refractivity contribution in [1.29, 1.82) is 0 Å². The molecule has 0 amide bonds. The number of aromatic nitrogens is 2. The Morgan fingerprint density at radius 2 is 1.91 bits per heavy atom. The van der Waals surface area contributed by atoms with E-state index >= 15 is 0 Å². The van der Waals surface area contributed by atoms with Crippen molar-refractivity contribution in [3.8, 4) is 17.0 Å². The molecule has 1 aliphatic carbocycles. The van der Waals surface area contributed by atoms with Crippen molar-refractivity contribution in [3.63, 3.8) is 0 Å². The van der Waals surface area contributed by atoms with Gasteiger partial charge >= 0.3 is 0 Å². The molecule has 3 heteroatoms. The first kappa shape index (κ1) is 12.9. The lowest BCUT2D eigenvalue weighted by molar-refractivity contribution is 0.415. The summed E-state index contributed by atoms with van der Waals surface area (Å²) in [5.41, 5.74) is 7.52. The molecular weight excluding hydrogens is 284 g/mol. The molecule has 3 nitrogen and oxygen atoms in total. The van der Waals surface area contributed by atoms with Crippen LogP contribution < -0.4 is 4.74 Å². The largest absolute Gasteiger partial charge is 0.497 e. The highest BCUT2D eigenvalue weighted by atomic mass is 16.5. The summed E-state index contributed by atoms with van der Waals surface area (Å²) in [5.74, 6) is 0.880. The average molecular weight is 302 g/mol. The van der Waals surface area contributed by atoms with Gasteiger partial charge in [0, 0.05) is 23.3 Å². The van der Waals surface area contributed by atoms with Gasteiger partial charge in [-0.1, -0.05) is 0 Å². The molecule has 1 aromatic carbocycles. The van der Waals surface area contributed by atoms with Gasteiger partial charge in [-0.15, -0.1) is 0 Å². The fourth-order valence-corrected chi connectivity index (χ4v) is 3.84. The van der Waals surface area contributed by atoms with Crippen LogP contribution in [-0.2, 0) is 12.8 Å². The van der Waals surface area contributed by atoms with Gasteiger partial charge in [0.1, 0.15) is 5.75 Å². The second-order valence-corrected chi connectivity index (χ2v) is 6.40. The van der Waals surface area contributed by atoms with E-state index < -0.39 is 0 Å². The molecule has 5 rings (SSSR count). The number of fused-ring (bicyclic) bond motifs is 6. The molecule has 0 saturated heterocycles. The minimum absolute atomic E-state index is 0.880. The minimum Gasteiger partial charge on any atom is -0.497 e. The highest BCUT2D eigenvalue weighted by molar-refractivity contribution is 6.02. The number of pyridine rings is 2. The van der Waals surface area contributed by atoms with Crippen LogP contribution in [0, 0.1) is 0 Å². The van der Waals surface area contributed by atoms with Gasteiger partial charge in [-0.2, -0.15) is 0 Å². The SMILES string of the molecule is COc1ccc2nc3c4cc5c(cn4ccc-3c2c1)CCCC5. The van der Waals surface area contributed by atoms with Crippen molar-refractivity contribution in [1.82, 2.24) is 9.38 Å². The fraction of sp³-hybridized carbons (Fsp3) is 0.250. The molecule has 0 N–H and O–H groups in total. The normalized spacial score (nSPS) is 14.5. The van der Waals surface area contributed by atoms with Crippen LogP contribution in [0.4, 0.5) is 0 Å². The zero-order chi connectivity index (χ0) is 15.4. The van der Waals surface area contributed by atoms with Gasteiger partial charge in [0.05, 0.1) is 23.8 Å². The van der Waals surface area contributed by atoms with Gasteiger partial charge in [-0.25, -0.2) is 4.98 Å². The van der Waals surface area contributed by atoms with E-state index in [1.807, 2.05) is 12.1 Å². The Balaban J connectivity index is 1.84. The monoisotopic (exact) mass is 302 g/mol. The molecule has 0 fully saturated rings. The molecule has 0 radical (unpaired) electrons. The van der Waals surface area contributed by atoms with E-state index in [4.69, 9.17) is 9.72 Å². The van der Waals surface area contributed by atoms with Crippen LogP contribution in [0.2, 0.25) is 0 Å². The number of hydrogen-bond acceptors (Lipinski definition) is 2. The Labute approximate surface area is 134 Å². The van der Waals surface area contributed by atoms with Crippen molar-refractivity contribution >= 4 is 16.4 Å². The van der Waals surface area contributed by atoms with E-state index in [0.29, 0.717) is 0 Å². The third-order valence-electron chi connectivity index (χ3n) is 5.06. The fourth-order valence-electron chi connectivity index (χ4n) is 3.84. The van der Waals surface area contributed by atoms with Gasteiger partial charge in [-0.05, 0) is 67.1 Å². The summed E-state index contributed by atoms with van der Waals surface area (Å²) in [6, 6.07) is 10.6. The number of aryl methyl sites for hydroxylation is 2. The third-order valence-corrected chi connectivity index (χ3v) is 5.06. The highest BCUT2D eigenvalue weighted by Crippen LogP contribution is 2.36. The zero-order valence-electron chi connectivity index (χ0n) is 13.2. The van der Waals surface area contributed by atoms with Crippen molar-refractivity contribution in [3.05, 3.63) is 53.9 Å². The second kappa shape index (κ2) is 4.72. The second-order valence-electron chi connectivity index (χ2n) is 6.40. The molecule has 0 spiro atoms. The molecule has 23 heavy (non-hydrogen) atoms. The topological polar surface area (TPSA) is 26.5 Å². The first-order valence-electron chi connectivity index (χ1n) is 8.23. The van der Waals surface area contributed by atoms with Gasteiger partial charge in [0.25, 0.3) is 0 Å². The predicted octanol–water partition coefficient (Wildman–Crippen LogP) is 4.48. The lowest BCUT2D eigenvalue weighted by atomic mass is 9.92. The van der Waals surface area contributed by atoms with E-state index in [0.717, 1.165) is 17.0 Å². The Hall–Kier alpha value is -2.55. The van der Waals surface area contributed by atoms with Crippen LogP contribution in [-0.4, -0.2) is 16.5 Å². The maximum atomic E-state index is 5.37. The van der Waals surface area contributed by atoms with Crippen molar-refractivity contribution < 1.29 is 4.74 Å². The van der Waals surface area contributed by atoms with Gasteiger partial charge in [-0.3, -0.25) is 0 Å². The molecule has 3 aliphatic rings. The quantitative estimate of drug-likeness (QED) is 0.518. The number of benzene rings is 1. The molecule has 3 heterocycles. The molecule has 2 aliphatic heterocycles. The number of methoxy groups -OCH3 is 1. The lowest BCUT2D eigenvalue weighted by Gasteiger charge is -2.18. The zero-order valence-corrected chi connectivity index (χ0v) is 13.2. The summed E-state index contributed by atoms with van der Waals surface area (Å²) in [4.78, 5) is 4.89. The molecule has 0 saturated carbocycles. The summed E-state index contributed by atoms with van der Waals surface area (Å²) in [7, 11) is 1.71. The maximum Gasteiger partial charge on any atom is 0.119 e. The van der Waals surface area contributed by atoms with E-state index in [1.165, 1.54) is 53.3 Å². The van der Waals surface area contributed by atoms with Gasteiger partial charge in [0.2, 0.25) is 0 Å². The molecule has 0 atom stereocenters. The van der Waals surface area contributed by atoms with E-state index in [2.05, 4.69) is 35.0 Å². The van der Waals surface area contributed by atoms with E-state index in [1.54, 1.807) is 7.11 Å². The molecule has 0 unspecified atom stereocenters. The predicted molar refractivity (Wildman–Crippen MR) is 92.5 cm³/mol. The van der Waals surface area contributed by atoms with Crippen LogP contribution in [0.1, 0.15) is 24.0 Å². The summed E-state index contributed by atoms with van der Waals surface area (Å²) < 4.78 is 7.60. The van der Waals surface area contributed by atoms with Crippen LogP contribution in [0.25, 0.3) is 27.7 Å². The average Bonchev–Trinajstić information content (AvgIpc) is 2.98. The minimum atomic E-state index is 0.880.